The van der Waals surface area contributed by atoms with E-state index in [-0.39, 0.29) is 5.54 Å². The van der Waals surface area contributed by atoms with Crippen LogP contribution in [0.4, 0.5) is 0 Å². The smallest absolute Gasteiger partial charge is 0.0416 e. The average Bonchev–Trinajstić information content (AvgIpc) is 2.83. The maximum Gasteiger partial charge on any atom is 0.0416 e. The molecule has 1 heterocycles. The molecule has 0 aliphatic heterocycles. The molecule has 2 rings (SSSR count). The lowest BCUT2D eigenvalue weighted by Gasteiger charge is -2.26. The van der Waals surface area contributed by atoms with Gasteiger partial charge in [0.1, 0.15) is 0 Å². The zero-order valence-electron chi connectivity index (χ0n) is 11.4. The molecule has 0 radical (unpaired) electrons. The van der Waals surface area contributed by atoms with E-state index in [9.17, 15) is 0 Å². The maximum atomic E-state index is 6.38. The first kappa shape index (κ1) is 13.5. The zero-order chi connectivity index (χ0) is 12.8. The molecule has 1 aromatic rings. The van der Waals surface area contributed by atoms with Crippen LogP contribution in [0.15, 0.2) is 24.4 Å². The third-order valence-corrected chi connectivity index (χ3v) is 4.07. The predicted molar refractivity (Wildman–Crippen MR) is 75.4 cm³/mol. The number of nitrogens with two attached hydrogens (primary N) is 1. The van der Waals surface area contributed by atoms with Gasteiger partial charge in [-0.2, -0.15) is 0 Å². The topological polar surface area (TPSA) is 42.2 Å². The Kier molecular flexibility index (Phi) is 4.72. The Morgan fingerprint density at radius 2 is 2.06 bits per heavy atom. The molecule has 0 spiro atoms. The fraction of sp³-hybridized carbons (Fsp3) is 0.667. The lowest BCUT2D eigenvalue weighted by atomic mass is 9.94. The van der Waals surface area contributed by atoms with E-state index in [1.54, 1.807) is 0 Å². The van der Waals surface area contributed by atoms with Crippen molar-refractivity contribution in [1.29, 1.82) is 0 Å². The summed E-state index contributed by atoms with van der Waals surface area (Å²) in [5.74, 6) is 0. The lowest BCUT2D eigenvalue weighted by Crippen LogP contribution is -2.40. The first-order valence-corrected chi connectivity index (χ1v) is 7.05. The van der Waals surface area contributed by atoms with E-state index in [1.807, 2.05) is 12.3 Å². The van der Waals surface area contributed by atoms with Crippen molar-refractivity contribution in [3.63, 3.8) is 0 Å². The van der Waals surface area contributed by atoms with Gasteiger partial charge >= 0.3 is 0 Å². The molecule has 18 heavy (non-hydrogen) atoms. The number of hydrogen-bond acceptors (Lipinski definition) is 3. The Balaban J connectivity index is 1.67. The van der Waals surface area contributed by atoms with Crippen LogP contribution in [0.3, 0.4) is 0 Å². The van der Waals surface area contributed by atoms with Gasteiger partial charge in [0.05, 0.1) is 0 Å². The molecule has 3 heteroatoms. The van der Waals surface area contributed by atoms with Crippen LogP contribution in [0.1, 0.15) is 37.8 Å². The fourth-order valence-electron chi connectivity index (χ4n) is 2.71. The van der Waals surface area contributed by atoms with E-state index in [0.717, 1.165) is 25.9 Å². The molecule has 100 valence electrons. The van der Waals surface area contributed by atoms with Gasteiger partial charge in [-0.15, -0.1) is 0 Å². The highest BCUT2D eigenvalue weighted by molar-refractivity contribution is 5.03. The molecule has 0 atom stereocenters. The van der Waals surface area contributed by atoms with Gasteiger partial charge in [0.15, 0.2) is 0 Å². The number of rotatable bonds is 6. The fourth-order valence-corrected chi connectivity index (χ4v) is 2.71. The second kappa shape index (κ2) is 6.30. The largest absolute Gasteiger partial charge is 0.325 e. The Labute approximate surface area is 110 Å². The molecule has 1 aliphatic carbocycles. The Morgan fingerprint density at radius 3 is 2.72 bits per heavy atom. The summed E-state index contributed by atoms with van der Waals surface area (Å²) in [4.78, 5) is 6.73. The third-order valence-electron chi connectivity index (χ3n) is 4.07. The van der Waals surface area contributed by atoms with Gasteiger partial charge in [-0.3, -0.25) is 4.98 Å². The van der Waals surface area contributed by atoms with Crippen molar-refractivity contribution in [2.75, 3.05) is 20.1 Å². The van der Waals surface area contributed by atoms with Crippen LogP contribution in [0, 0.1) is 0 Å². The molecule has 0 amide bonds. The minimum atomic E-state index is 0.124. The van der Waals surface area contributed by atoms with Crippen molar-refractivity contribution in [2.24, 2.45) is 5.73 Å². The van der Waals surface area contributed by atoms with Crippen molar-refractivity contribution in [3.8, 4) is 0 Å². The number of aromatic nitrogens is 1. The van der Waals surface area contributed by atoms with Crippen LogP contribution in [0.5, 0.6) is 0 Å². The van der Waals surface area contributed by atoms with E-state index >= 15 is 0 Å². The Morgan fingerprint density at radius 1 is 1.28 bits per heavy atom. The molecule has 1 fully saturated rings. The molecule has 2 N–H and O–H groups in total. The van der Waals surface area contributed by atoms with Crippen LogP contribution < -0.4 is 5.73 Å². The van der Waals surface area contributed by atoms with Gasteiger partial charge in [0, 0.05) is 30.4 Å². The van der Waals surface area contributed by atoms with Gasteiger partial charge in [-0.1, -0.05) is 18.9 Å². The second-order valence-corrected chi connectivity index (χ2v) is 5.69. The molecule has 0 unspecified atom stereocenters. The van der Waals surface area contributed by atoms with Gasteiger partial charge in [-0.25, -0.2) is 0 Å². The van der Waals surface area contributed by atoms with Crippen LogP contribution in [0.25, 0.3) is 0 Å². The highest BCUT2D eigenvalue weighted by Crippen LogP contribution is 2.29. The summed E-state index contributed by atoms with van der Waals surface area (Å²) in [5.41, 5.74) is 7.67. The molecule has 3 nitrogen and oxygen atoms in total. The summed E-state index contributed by atoms with van der Waals surface area (Å²) >= 11 is 0. The molecule has 0 aromatic carbocycles. The summed E-state index contributed by atoms with van der Waals surface area (Å²) in [7, 11) is 2.18. The van der Waals surface area contributed by atoms with E-state index < -0.39 is 0 Å². The molecule has 0 saturated heterocycles. The maximum absolute atomic E-state index is 6.38. The van der Waals surface area contributed by atoms with Crippen molar-refractivity contribution in [1.82, 2.24) is 9.88 Å². The summed E-state index contributed by atoms with van der Waals surface area (Å²) in [6.07, 6.45) is 9.06. The molecular weight excluding hydrogens is 222 g/mol. The quantitative estimate of drug-likeness (QED) is 0.838. The summed E-state index contributed by atoms with van der Waals surface area (Å²) in [6, 6.07) is 6.11. The van der Waals surface area contributed by atoms with Gasteiger partial charge in [-0.05, 0) is 45.0 Å². The van der Waals surface area contributed by atoms with E-state index in [1.165, 1.54) is 31.4 Å². The highest BCUT2D eigenvalue weighted by Gasteiger charge is 2.28. The van der Waals surface area contributed by atoms with Crippen LogP contribution in [-0.4, -0.2) is 35.6 Å². The van der Waals surface area contributed by atoms with Crippen molar-refractivity contribution in [2.45, 2.75) is 44.1 Å². The van der Waals surface area contributed by atoms with Gasteiger partial charge < -0.3 is 10.6 Å². The number of nitrogens with zero attached hydrogens (tertiary/aromatic N) is 2. The first-order chi connectivity index (χ1) is 8.68. The van der Waals surface area contributed by atoms with Crippen LogP contribution in [-0.2, 0) is 6.42 Å². The molecular formula is C15H25N3. The van der Waals surface area contributed by atoms with Crippen molar-refractivity contribution in [3.05, 3.63) is 30.1 Å². The molecule has 1 aliphatic rings. The second-order valence-electron chi connectivity index (χ2n) is 5.69. The first-order valence-electron chi connectivity index (χ1n) is 7.05. The van der Waals surface area contributed by atoms with Crippen LogP contribution in [0.2, 0.25) is 0 Å². The monoisotopic (exact) mass is 247 g/mol. The Bertz CT molecular complexity index is 344. The third kappa shape index (κ3) is 4.07. The zero-order valence-corrected chi connectivity index (χ0v) is 11.4. The number of pyridine rings is 1. The summed E-state index contributed by atoms with van der Waals surface area (Å²) < 4.78 is 0. The summed E-state index contributed by atoms with van der Waals surface area (Å²) in [6.45, 7) is 2.16. The number of hydrogen-bond donors (Lipinski definition) is 1. The van der Waals surface area contributed by atoms with Crippen molar-refractivity contribution < 1.29 is 0 Å². The average molecular weight is 247 g/mol. The van der Waals surface area contributed by atoms with Crippen LogP contribution >= 0.6 is 0 Å². The molecule has 1 aromatic heterocycles. The SMILES string of the molecule is CN(CCc1ccccn1)CCC1(N)CCCC1. The minimum absolute atomic E-state index is 0.124. The normalized spacial score (nSPS) is 18.4. The predicted octanol–water partition coefficient (Wildman–Crippen LogP) is 2.22. The van der Waals surface area contributed by atoms with Crippen molar-refractivity contribution >= 4 is 0 Å². The van der Waals surface area contributed by atoms with E-state index in [4.69, 9.17) is 5.73 Å². The van der Waals surface area contributed by atoms with E-state index in [0.29, 0.717) is 0 Å². The lowest BCUT2D eigenvalue weighted by molar-refractivity contribution is 0.281. The van der Waals surface area contributed by atoms with Gasteiger partial charge in [0.25, 0.3) is 0 Å². The summed E-state index contributed by atoms with van der Waals surface area (Å²) in [5, 5.41) is 0. The molecule has 0 bridgehead atoms. The van der Waals surface area contributed by atoms with Gasteiger partial charge in [0.2, 0.25) is 0 Å². The Hall–Kier alpha value is -0.930. The standard InChI is InChI=1S/C15H25N3/c1-18(12-7-14-6-2-5-11-17-14)13-10-15(16)8-3-4-9-15/h2,5-6,11H,3-4,7-10,12-13,16H2,1H3. The highest BCUT2D eigenvalue weighted by atomic mass is 15.1. The number of likely N-dealkylation sites (N-methyl/N-ethyl adjacent to an activating group) is 1. The van der Waals surface area contributed by atoms with E-state index in [2.05, 4.69) is 29.1 Å². The minimum Gasteiger partial charge on any atom is -0.325 e. The molecule has 1 saturated carbocycles.